The zero-order chi connectivity index (χ0) is 11.5. The molecule has 1 saturated heterocycles. The maximum Gasteiger partial charge on any atom is 0.0195 e. The van der Waals surface area contributed by atoms with Gasteiger partial charge in [-0.15, -0.1) is 0 Å². The quantitative estimate of drug-likeness (QED) is 0.773. The highest BCUT2D eigenvalue weighted by Crippen LogP contribution is 2.18. The van der Waals surface area contributed by atoms with Crippen LogP contribution in [-0.4, -0.2) is 35.6 Å². The van der Waals surface area contributed by atoms with Gasteiger partial charge < -0.3 is 5.32 Å². The first-order valence-corrected chi connectivity index (χ1v) is 6.41. The molecule has 0 aromatic heterocycles. The lowest BCUT2D eigenvalue weighted by molar-refractivity contribution is 0.109. The Kier molecular flexibility index (Phi) is 4.60. The summed E-state index contributed by atoms with van der Waals surface area (Å²) in [4.78, 5) is 2.66. The highest BCUT2D eigenvalue weighted by molar-refractivity contribution is 4.81. The van der Waals surface area contributed by atoms with Crippen LogP contribution in [0.3, 0.4) is 0 Å². The van der Waals surface area contributed by atoms with E-state index in [2.05, 4.69) is 44.8 Å². The Hall–Kier alpha value is -0.0800. The Morgan fingerprint density at radius 3 is 2.53 bits per heavy atom. The fourth-order valence-electron chi connectivity index (χ4n) is 2.35. The molecule has 2 heteroatoms. The van der Waals surface area contributed by atoms with Gasteiger partial charge >= 0.3 is 0 Å². The first kappa shape index (κ1) is 13.0. The maximum atomic E-state index is 3.60. The van der Waals surface area contributed by atoms with Crippen LogP contribution >= 0.6 is 0 Å². The average Bonchev–Trinajstić information content (AvgIpc) is 2.14. The molecular formula is C13H28N2. The van der Waals surface area contributed by atoms with Crippen LogP contribution in [0, 0.1) is 0 Å². The van der Waals surface area contributed by atoms with Gasteiger partial charge in [0, 0.05) is 24.2 Å². The molecule has 15 heavy (non-hydrogen) atoms. The van der Waals surface area contributed by atoms with E-state index in [0.717, 1.165) is 12.6 Å². The second kappa shape index (κ2) is 5.31. The monoisotopic (exact) mass is 212 g/mol. The molecule has 1 rings (SSSR count). The summed E-state index contributed by atoms with van der Waals surface area (Å²) in [5, 5.41) is 3.60. The van der Waals surface area contributed by atoms with Crippen molar-refractivity contribution in [2.45, 2.75) is 71.5 Å². The Morgan fingerprint density at radius 2 is 2.00 bits per heavy atom. The van der Waals surface area contributed by atoms with Crippen LogP contribution in [0.1, 0.15) is 53.9 Å². The van der Waals surface area contributed by atoms with Gasteiger partial charge in [-0.2, -0.15) is 0 Å². The zero-order valence-electron chi connectivity index (χ0n) is 11.1. The molecule has 1 heterocycles. The van der Waals surface area contributed by atoms with Gasteiger partial charge in [0.2, 0.25) is 0 Å². The minimum atomic E-state index is 0.243. The number of nitrogens with zero attached hydrogens (tertiary/aromatic N) is 1. The lowest BCUT2D eigenvalue weighted by Crippen LogP contribution is -2.50. The highest BCUT2D eigenvalue weighted by atomic mass is 15.2. The van der Waals surface area contributed by atoms with E-state index in [0.29, 0.717) is 6.04 Å². The van der Waals surface area contributed by atoms with E-state index >= 15 is 0 Å². The van der Waals surface area contributed by atoms with Crippen LogP contribution in [0.5, 0.6) is 0 Å². The fourth-order valence-corrected chi connectivity index (χ4v) is 2.35. The van der Waals surface area contributed by atoms with Crippen molar-refractivity contribution < 1.29 is 0 Å². The molecule has 2 unspecified atom stereocenters. The van der Waals surface area contributed by atoms with Crippen molar-refractivity contribution in [3.05, 3.63) is 0 Å². The predicted octanol–water partition coefficient (Wildman–Crippen LogP) is 2.64. The molecule has 1 fully saturated rings. The van der Waals surface area contributed by atoms with Gasteiger partial charge in [0.05, 0.1) is 0 Å². The van der Waals surface area contributed by atoms with Crippen molar-refractivity contribution in [1.82, 2.24) is 10.2 Å². The minimum absolute atomic E-state index is 0.243. The van der Waals surface area contributed by atoms with Gasteiger partial charge in [0.25, 0.3) is 0 Å². The van der Waals surface area contributed by atoms with Crippen LogP contribution in [0.15, 0.2) is 0 Å². The molecule has 1 N–H and O–H groups in total. The fraction of sp³-hybridized carbons (Fsp3) is 1.00. The van der Waals surface area contributed by atoms with Crippen molar-refractivity contribution in [1.29, 1.82) is 0 Å². The summed E-state index contributed by atoms with van der Waals surface area (Å²) < 4.78 is 0. The number of piperidine rings is 1. The van der Waals surface area contributed by atoms with Gasteiger partial charge in [-0.25, -0.2) is 0 Å². The third-order valence-electron chi connectivity index (χ3n) is 3.35. The number of likely N-dealkylation sites (tertiary alicyclic amines) is 1. The van der Waals surface area contributed by atoms with Crippen molar-refractivity contribution in [3.8, 4) is 0 Å². The second-order valence-corrected chi connectivity index (χ2v) is 6.06. The molecule has 2 atom stereocenters. The predicted molar refractivity (Wildman–Crippen MR) is 67.2 cm³/mol. The van der Waals surface area contributed by atoms with Crippen molar-refractivity contribution in [2.24, 2.45) is 0 Å². The molecule has 0 saturated carbocycles. The highest BCUT2D eigenvalue weighted by Gasteiger charge is 2.23. The number of hydrogen-bond donors (Lipinski definition) is 1. The normalized spacial score (nSPS) is 26.6. The molecule has 0 amide bonds. The van der Waals surface area contributed by atoms with E-state index in [4.69, 9.17) is 0 Å². The zero-order valence-corrected chi connectivity index (χ0v) is 11.1. The van der Waals surface area contributed by atoms with E-state index in [1.807, 2.05) is 0 Å². The molecule has 0 radical (unpaired) electrons. The summed E-state index contributed by atoms with van der Waals surface area (Å²) >= 11 is 0. The lowest BCUT2D eigenvalue weighted by Gasteiger charge is -2.39. The van der Waals surface area contributed by atoms with Crippen LogP contribution in [0.25, 0.3) is 0 Å². The Morgan fingerprint density at radius 1 is 1.33 bits per heavy atom. The SMILES string of the molecule is CC1CCCCN1C(C)CNC(C)(C)C. The topological polar surface area (TPSA) is 15.3 Å². The molecule has 0 bridgehead atoms. The third-order valence-corrected chi connectivity index (χ3v) is 3.35. The van der Waals surface area contributed by atoms with E-state index in [9.17, 15) is 0 Å². The number of nitrogens with one attached hydrogen (secondary N) is 1. The summed E-state index contributed by atoms with van der Waals surface area (Å²) in [5.41, 5.74) is 0.243. The van der Waals surface area contributed by atoms with Crippen molar-refractivity contribution >= 4 is 0 Å². The first-order chi connectivity index (χ1) is 6.90. The second-order valence-electron chi connectivity index (χ2n) is 6.06. The van der Waals surface area contributed by atoms with E-state index < -0.39 is 0 Å². The summed E-state index contributed by atoms with van der Waals surface area (Å²) in [7, 11) is 0. The lowest BCUT2D eigenvalue weighted by atomic mass is 10.0. The summed E-state index contributed by atoms with van der Waals surface area (Å²) in [6.07, 6.45) is 4.17. The summed E-state index contributed by atoms with van der Waals surface area (Å²) in [5.74, 6) is 0. The van der Waals surface area contributed by atoms with Crippen LogP contribution < -0.4 is 5.32 Å². The van der Waals surface area contributed by atoms with Gasteiger partial charge in [0.15, 0.2) is 0 Å². The molecule has 1 aliphatic rings. The van der Waals surface area contributed by atoms with Crippen molar-refractivity contribution in [3.63, 3.8) is 0 Å². The van der Waals surface area contributed by atoms with Gasteiger partial charge in [0.1, 0.15) is 0 Å². The Labute approximate surface area is 95.4 Å². The standard InChI is InChI=1S/C13H28N2/c1-11-8-6-7-9-15(11)12(2)10-14-13(3,4)5/h11-12,14H,6-10H2,1-5H3. The average molecular weight is 212 g/mol. The largest absolute Gasteiger partial charge is 0.311 e. The van der Waals surface area contributed by atoms with Crippen LogP contribution in [0.4, 0.5) is 0 Å². The molecular weight excluding hydrogens is 184 g/mol. The smallest absolute Gasteiger partial charge is 0.0195 e. The number of rotatable bonds is 3. The Balaban J connectivity index is 2.35. The molecule has 0 aromatic rings. The molecule has 0 spiro atoms. The third kappa shape index (κ3) is 4.52. The maximum absolute atomic E-state index is 3.60. The van der Waals surface area contributed by atoms with Crippen molar-refractivity contribution in [2.75, 3.05) is 13.1 Å². The van der Waals surface area contributed by atoms with E-state index in [1.165, 1.54) is 25.8 Å². The molecule has 1 aliphatic heterocycles. The molecule has 90 valence electrons. The molecule has 0 aliphatic carbocycles. The number of hydrogen-bond acceptors (Lipinski definition) is 2. The van der Waals surface area contributed by atoms with Crippen LogP contribution in [-0.2, 0) is 0 Å². The molecule has 2 nitrogen and oxygen atoms in total. The van der Waals surface area contributed by atoms with Gasteiger partial charge in [-0.1, -0.05) is 6.42 Å². The van der Waals surface area contributed by atoms with Gasteiger partial charge in [-0.05, 0) is 54.0 Å². The van der Waals surface area contributed by atoms with E-state index in [1.54, 1.807) is 0 Å². The Bertz CT molecular complexity index is 183. The van der Waals surface area contributed by atoms with Crippen LogP contribution in [0.2, 0.25) is 0 Å². The minimum Gasteiger partial charge on any atom is -0.311 e. The first-order valence-electron chi connectivity index (χ1n) is 6.41. The van der Waals surface area contributed by atoms with E-state index in [-0.39, 0.29) is 5.54 Å². The van der Waals surface area contributed by atoms with Gasteiger partial charge in [-0.3, -0.25) is 4.90 Å². The summed E-state index contributed by atoms with van der Waals surface area (Å²) in [6.45, 7) is 13.8. The molecule has 0 aromatic carbocycles. The summed E-state index contributed by atoms with van der Waals surface area (Å²) in [6, 6.07) is 1.44.